The number of esters is 4. The van der Waals surface area contributed by atoms with Gasteiger partial charge in [0.1, 0.15) is 36.1 Å². The van der Waals surface area contributed by atoms with Crippen molar-refractivity contribution in [2.45, 2.75) is 140 Å². The molecule has 0 radical (unpaired) electrons. The minimum atomic E-state index is -2.37. The number of alkyl carbamates (subject to hydrolysis) is 1. The average Bonchev–Trinajstić information content (AvgIpc) is 3.93. The minimum absolute atomic E-state index is 0.0377. The summed E-state index contributed by atoms with van der Waals surface area (Å²) in [6.45, 7) is 7.03. The summed E-state index contributed by atoms with van der Waals surface area (Å²) in [5, 5.41) is 41.9. The molecule has 2 aromatic rings. The smallest absolute Gasteiger partial charge is 0.408 e. The molecule has 62 heavy (non-hydrogen) atoms. The van der Waals surface area contributed by atoms with E-state index in [0.717, 1.165) is 13.3 Å². The molecule has 2 heterocycles. The SMILES string of the molecule is CC(=O)O[C@@]12CO[C@@H]1CC(O)[C@@]1(C)C(=O)C(OC(=O)C3CC3)C3=C(C)[C@@H](OC(=O)[C@H](O)[C@@H](NC(=O)OC4CCC4)c4cccs4)C[C@@](O)(C(OC(=O)c4ccccc4)C12)C3(C)C. The Morgan fingerprint density at radius 1 is 0.952 bits per heavy atom. The highest BCUT2D eigenvalue weighted by atomic mass is 32.1. The molecule has 1 aliphatic heterocycles. The molecule has 8 rings (SSSR count). The molecule has 334 valence electrons. The quantitative estimate of drug-likeness (QED) is 0.142. The summed E-state index contributed by atoms with van der Waals surface area (Å²) in [7, 11) is 0. The first-order chi connectivity index (χ1) is 29.3. The normalized spacial score (nSPS) is 34.5. The lowest BCUT2D eigenvalue weighted by Crippen LogP contribution is -2.82. The standard InChI is InChI=1S/C45H53NO15S/c1-22-27(58-40(53)33(49)32(28-15-10-18-62-28)46-41(54)57-26-13-9-14-26)20-45(55)37(60-39(52)24-11-7-6-8-12-24)35-43(5,29(48)19-30-44(35,21-56-30)61-23(2)47)36(50)34(31(22)42(45,3)4)59-38(51)25-16-17-25/h6-8,10-12,15,18,25-27,29-30,32-35,37,48-49,55H,9,13-14,16-17,19-21H2,1-5H3,(H,46,54)/t27-,29?,30+,32-,33+,34?,35?,37?,43+,44-,45+/m0/s1. The summed E-state index contributed by atoms with van der Waals surface area (Å²) in [4.78, 5) is 84.4. The topological polar surface area (TPSA) is 231 Å². The Bertz CT molecular complexity index is 2150. The number of rotatable bonds is 11. The predicted molar refractivity (Wildman–Crippen MR) is 216 cm³/mol. The van der Waals surface area contributed by atoms with Crippen molar-refractivity contribution >= 4 is 47.1 Å². The van der Waals surface area contributed by atoms with Crippen LogP contribution in [-0.2, 0) is 47.6 Å². The summed E-state index contributed by atoms with van der Waals surface area (Å²) in [6.07, 6.45) is -8.17. The van der Waals surface area contributed by atoms with Crippen LogP contribution in [0.2, 0.25) is 0 Å². The van der Waals surface area contributed by atoms with Crippen LogP contribution in [0.15, 0.2) is 59.0 Å². The van der Waals surface area contributed by atoms with E-state index in [2.05, 4.69) is 5.32 Å². The van der Waals surface area contributed by atoms with Crippen LogP contribution in [0.1, 0.15) is 101 Å². The number of ether oxygens (including phenoxy) is 6. The molecule has 4 saturated carbocycles. The van der Waals surface area contributed by atoms with Crippen molar-refractivity contribution in [2.75, 3.05) is 6.61 Å². The molecule has 1 aromatic carbocycles. The molecule has 0 spiro atoms. The molecule has 1 amide bonds. The Balaban J connectivity index is 1.27. The minimum Gasteiger partial charge on any atom is -0.456 e. The highest BCUT2D eigenvalue weighted by molar-refractivity contribution is 7.10. The number of fused-ring (bicyclic) bond motifs is 5. The number of aliphatic hydroxyl groups is 3. The second-order valence-electron chi connectivity index (χ2n) is 18.3. The number of aliphatic hydroxyl groups excluding tert-OH is 2. The molecular weight excluding hydrogens is 827 g/mol. The fraction of sp³-hybridized carbons (Fsp3) is 0.600. The van der Waals surface area contributed by atoms with Gasteiger partial charge in [-0.05, 0) is 80.7 Å². The third-order valence-electron chi connectivity index (χ3n) is 14.3. The van der Waals surface area contributed by atoms with Gasteiger partial charge in [-0.2, -0.15) is 0 Å². The van der Waals surface area contributed by atoms with Gasteiger partial charge in [-0.3, -0.25) is 14.4 Å². The van der Waals surface area contributed by atoms with E-state index >= 15 is 4.79 Å². The summed E-state index contributed by atoms with van der Waals surface area (Å²) < 4.78 is 36.1. The van der Waals surface area contributed by atoms with Gasteiger partial charge >= 0.3 is 30.0 Å². The van der Waals surface area contributed by atoms with Gasteiger partial charge < -0.3 is 49.1 Å². The van der Waals surface area contributed by atoms with Crippen LogP contribution in [0.25, 0.3) is 0 Å². The molecule has 5 aliphatic carbocycles. The van der Waals surface area contributed by atoms with E-state index in [1.807, 2.05) is 0 Å². The Labute approximate surface area is 362 Å². The number of hydrogen-bond acceptors (Lipinski definition) is 16. The first kappa shape index (κ1) is 43.9. The van der Waals surface area contributed by atoms with Crippen molar-refractivity contribution in [3.63, 3.8) is 0 Å². The van der Waals surface area contributed by atoms with Crippen molar-refractivity contribution in [1.82, 2.24) is 5.32 Å². The highest BCUT2D eigenvalue weighted by Crippen LogP contribution is 2.64. The lowest BCUT2D eigenvalue weighted by atomic mass is 9.44. The van der Waals surface area contributed by atoms with E-state index in [0.29, 0.717) is 30.6 Å². The second-order valence-corrected chi connectivity index (χ2v) is 19.3. The van der Waals surface area contributed by atoms with Gasteiger partial charge in [0.2, 0.25) is 0 Å². The van der Waals surface area contributed by atoms with Gasteiger partial charge in [-0.15, -0.1) is 11.3 Å². The lowest BCUT2D eigenvalue weighted by Gasteiger charge is -2.67. The summed E-state index contributed by atoms with van der Waals surface area (Å²) in [6, 6.07) is 9.88. The van der Waals surface area contributed by atoms with Crippen LogP contribution < -0.4 is 5.32 Å². The van der Waals surface area contributed by atoms with E-state index in [1.54, 1.807) is 56.5 Å². The van der Waals surface area contributed by atoms with E-state index in [-0.39, 0.29) is 35.8 Å². The molecule has 4 N–H and O–H groups in total. The van der Waals surface area contributed by atoms with Gasteiger partial charge in [0.25, 0.3) is 0 Å². The maximum Gasteiger partial charge on any atom is 0.408 e. The maximum atomic E-state index is 15.7. The van der Waals surface area contributed by atoms with Gasteiger partial charge in [-0.25, -0.2) is 14.4 Å². The van der Waals surface area contributed by atoms with Crippen LogP contribution in [0.5, 0.6) is 0 Å². The third-order valence-corrected chi connectivity index (χ3v) is 15.3. The molecule has 1 saturated heterocycles. The number of ketones is 1. The molecule has 2 bridgehead atoms. The molecule has 16 nitrogen and oxygen atoms in total. The van der Waals surface area contributed by atoms with Crippen molar-refractivity contribution in [2.24, 2.45) is 22.7 Å². The Kier molecular flexibility index (Phi) is 11.4. The highest BCUT2D eigenvalue weighted by Gasteiger charge is 2.78. The third kappa shape index (κ3) is 7.22. The Morgan fingerprint density at radius 3 is 2.24 bits per heavy atom. The molecule has 5 fully saturated rings. The van der Waals surface area contributed by atoms with Crippen molar-refractivity contribution in [3.8, 4) is 0 Å². The number of carbonyl (C=O) groups excluding carboxylic acids is 6. The van der Waals surface area contributed by atoms with Gasteiger partial charge in [0, 0.05) is 30.1 Å². The molecular formula is C45H53NO15S. The van der Waals surface area contributed by atoms with Gasteiger partial charge in [0.05, 0.1) is 35.5 Å². The van der Waals surface area contributed by atoms with Gasteiger partial charge in [-0.1, -0.05) is 38.1 Å². The van der Waals surface area contributed by atoms with E-state index in [4.69, 9.17) is 28.4 Å². The van der Waals surface area contributed by atoms with Crippen LogP contribution >= 0.6 is 11.3 Å². The van der Waals surface area contributed by atoms with Crippen molar-refractivity contribution < 1.29 is 72.5 Å². The zero-order chi connectivity index (χ0) is 44.5. The lowest BCUT2D eigenvalue weighted by molar-refractivity contribution is -0.346. The maximum absolute atomic E-state index is 15.7. The number of hydrogen-bond donors (Lipinski definition) is 4. The molecule has 4 unspecified atom stereocenters. The van der Waals surface area contributed by atoms with Crippen molar-refractivity contribution in [3.05, 3.63) is 69.4 Å². The van der Waals surface area contributed by atoms with E-state index < -0.39 is 119 Å². The average molecular weight is 880 g/mol. The molecule has 11 atom stereocenters. The number of benzene rings is 1. The second kappa shape index (κ2) is 16.1. The van der Waals surface area contributed by atoms with Crippen LogP contribution in [0.3, 0.4) is 0 Å². The number of amides is 1. The Hall–Kier alpha value is -4.68. The summed E-state index contributed by atoms with van der Waals surface area (Å²) in [5.41, 5.74) is -7.49. The Morgan fingerprint density at radius 2 is 1.66 bits per heavy atom. The fourth-order valence-corrected chi connectivity index (χ4v) is 11.1. The first-order valence-corrected chi connectivity index (χ1v) is 22.0. The monoisotopic (exact) mass is 879 g/mol. The van der Waals surface area contributed by atoms with Crippen molar-refractivity contribution in [1.29, 1.82) is 0 Å². The summed E-state index contributed by atoms with van der Waals surface area (Å²) in [5.74, 6) is -6.45. The zero-order valence-electron chi connectivity index (χ0n) is 35.2. The summed E-state index contributed by atoms with van der Waals surface area (Å²) >= 11 is 1.17. The fourth-order valence-electron chi connectivity index (χ4n) is 10.3. The van der Waals surface area contributed by atoms with Gasteiger partial charge in [0.15, 0.2) is 23.6 Å². The largest absolute Gasteiger partial charge is 0.456 e. The van der Waals surface area contributed by atoms with E-state index in [1.165, 1.54) is 30.4 Å². The number of Topliss-reactive ketones (excluding diaryl/α,β-unsaturated/α-hetero) is 1. The number of thiophene rings is 1. The van der Waals surface area contributed by atoms with Crippen LogP contribution in [0, 0.1) is 22.7 Å². The first-order valence-electron chi connectivity index (χ1n) is 21.2. The predicted octanol–water partition coefficient (Wildman–Crippen LogP) is 4.04. The van der Waals surface area contributed by atoms with E-state index in [9.17, 15) is 39.3 Å². The number of nitrogens with one attached hydrogen (secondary N) is 1. The van der Waals surface area contributed by atoms with Crippen LogP contribution in [-0.4, -0.2) is 112 Å². The van der Waals surface area contributed by atoms with Crippen LogP contribution in [0.4, 0.5) is 4.79 Å². The molecule has 1 aromatic heterocycles. The number of carbonyl (C=O) groups is 6. The molecule has 6 aliphatic rings. The zero-order valence-corrected chi connectivity index (χ0v) is 36.0. The molecule has 17 heteroatoms.